The molecule has 1 aromatic carbocycles. The highest BCUT2D eigenvalue weighted by molar-refractivity contribution is 7.79. The standard InChI is InChI=1S/C17H13ClF8N2O2S/c1-8(31(29)30)12-5-9(16(21,22)23)3-4-11(12)14-27-7-10(28(14)2)6-13(18)15(19,20)17(24,25)26/h3-8H,1-2H3,(H,29,30)/b13-6-. The minimum Gasteiger partial charge on any atom is -0.328 e. The van der Waals surface area contributed by atoms with Crippen molar-refractivity contribution in [1.82, 2.24) is 9.55 Å². The van der Waals surface area contributed by atoms with Crippen LogP contribution < -0.4 is 0 Å². The Hall–Kier alpha value is -1.99. The van der Waals surface area contributed by atoms with Crippen LogP contribution in [0.15, 0.2) is 29.4 Å². The molecule has 0 aliphatic rings. The van der Waals surface area contributed by atoms with Crippen LogP contribution >= 0.6 is 11.6 Å². The zero-order valence-electron chi connectivity index (χ0n) is 15.5. The van der Waals surface area contributed by atoms with Gasteiger partial charge in [-0.1, -0.05) is 17.7 Å². The lowest BCUT2D eigenvalue weighted by molar-refractivity contribution is -0.261. The molecular weight excluding hydrogens is 484 g/mol. The lowest BCUT2D eigenvalue weighted by atomic mass is 10.0. The number of imidazole rings is 1. The van der Waals surface area contributed by atoms with E-state index in [-0.39, 0.29) is 22.6 Å². The maximum absolute atomic E-state index is 13.4. The van der Waals surface area contributed by atoms with Gasteiger partial charge >= 0.3 is 18.3 Å². The van der Waals surface area contributed by atoms with E-state index < -0.39 is 45.2 Å². The van der Waals surface area contributed by atoms with Crippen LogP contribution in [0.2, 0.25) is 0 Å². The Morgan fingerprint density at radius 3 is 2.26 bits per heavy atom. The number of aromatic nitrogens is 2. The molecular formula is C17H13ClF8N2O2S. The van der Waals surface area contributed by atoms with E-state index in [9.17, 15) is 43.9 Å². The van der Waals surface area contributed by atoms with E-state index in [0.29, 0.717) is 18.2 Å². The van der Waals surface area contributed by atoms with Gasteiger partial charge in [-0.15, -0.1) is 0 Å². The van der Waals surface area contributed by atoms with Gasteiger partial charge in [0.25, 0.3) is 0 Å². The van der Waals surface area contributed by atoms with Crippen molar-refractivity contribution in [2.24, 2.45) is 7.05 Å². The normalized spacial score (nSPS) is 15.8. The summed E-state index contributed by atoms with van der Waals surface area (Å²) in [6.45, 7) is 1.18. The number of hydrogen-bond donors (Lipinski definition) is 1. The quantitative estimate of drug-likeness (QED) is 0.398. The Morgan fingerprint density at radius 2 is 1.77 bits per heavy atom. The number of rotatable bonds is 5. The number of halogens is 9. The van der Waals surface area contributed by atoms with E-state index in [2.05, 4.69) is 4.98 Å². The highest BCUT2D eigenvalue weighted by Gasteiger charge is 2.59. The molecule has 1 heterocycles. The molecule has 0 saturated carbocycles. The molecule has 4 nitrogen and oxygen atoms in total. The lowest BCUT2D eigenvalue weighted by Crippen LogP contribution is -2.36. The fourth-order valence-electron chi connectivity index (χ4n) is 2.55. The summed E-state index contributed by atoms with van der Waals surface area (Å²) in [6.07, 6.45) is -9.49. The molecule has 0 spiro atoms. The van der Waals surface area contributed by atoms with E-state index in [1.807, 2.05) is 0 Å². The van der Waals surface area contributed by atoms with Crippen molar-refractivity contribution in [2.45, 2.75) is 30.4 Å². The second kappa shape index (κ2) is 8.51. The Labute approximate surface area is 177 Å². The van der Waals surface area contributed by atoms with E-state index in [1.165, 1.54) is 14.0 Å². The summed E-state index contributed by atoms with van der Waals surface area (Å²) in [7, 11) is 1.20. The van der Waals surface area contributed by atoms with Gasteiger partial charge in [0.05, 0.1) is 27.7 Å². The van der Waals surface area contributed by atoms with Gasteiger partial charge in [-0.25, -0.2) is 9.19 Å². The smallest absolute Gasteiger partial charge is 0.328 e. The van der Waals surface area contributed by atoms with Crippen molar-refractivity contribution >= 4 is 28.8 Å². The number of allylic oxidation sites excluding steroid dienone is 1. The van der Waals surface area contributed by atoms with Crippen LogP contribution in [-0.2, 0) is 24.3 Å². The van der Waals surface area contributed by atoms with Crippen molar-refractivity contribution in [2.75, 3.05) is 0 Å². The predicted octanol–water partition coefficient (Wildman–Crippen LogP) is 6.17. The average molecular weight is 497 g/mol. The molecule has 2 rings (SSSR count). The molecule has 2 atom stereocenters. The highest BCUT2D eigenvalue weighted by Crippen LogP contribution is 2.43. The van der Waals surface area contributed by atoms with Crippen LogP contribution in [0.3, 0.4) is 0 Å². The van der Waals surface area contributed by atoms with Crippen LogP contribution in [0.25, 0.3) is 17.5 Å². The van der Waals surface area contributed by atoms with Crippen LogP contribution in [0, 0.1) is 0 Å². The summed E-state index contributed by atoms with van der Waals surface area (Å²) >= 11 is 2.59. The SMILES string of the molecule is CC(c1cc(C(F)(F)F)ccc1-c1ncc(/C=C(\Cl)C(F)(F)C(F)(F)F)n1C)S(=O)O. The summed E-state index contributed by atoms with van der Waals surface area (Å²) in [6, 6.07) is 2.28. The van der Waals surface area contributed by atoms with Gasteiger partial charge in [0, 0.05) is 12.6 Å². The van der Waals surface area contributed by atoms with Crippen LogP contribution in [0.5, 0.6) is 0 Å². The Kier molecular flexibility index (Phi) is 6.94. The molecule has 1 N–H and O–H groups in total. The fourth-order valence-corrected chi connectivity index (χ4v) is 3.18. The van der Waals surface area contributed by atoms with Gasteiger partial charge in [-0.05, 0) is 30.7 Å². The second-order valence-corrected chi connectivity index (χ2v) is 8.01. The largest absolute Gasteiger partial charge is 0.459 e. The zero-order valence-corrected chi connectivity index (χ0v) is 17.1. The monoisotopic (exact) mass is 496 g/mol. The van der Waals surface area contributed by atoms with E-state index in [0.717, 1.165) is 16.8 Å². The zero-order chi connectivity index (χ0) is 23.9. The number of hydrogen-bond acceptors (Lipinski definition) is 2. The van der Waals surface area contributed by atoms with Gasteiger partial charge < -0.3 is 9.12 Å². The maximum atomic E-state index is 13.4. The molecule has 0 bridgehead atoms. The van der Waals surface area contributed by atoms with Crippen molar-refractivity contribution in [3.8, 4) is 11.4 Å². The second-order valence-electron chi connectivity index (χ2n) is 6.35. The van der Waals surface area contributed by atoms with Gasteiger partial charge in [-0.2, -0.15) is 35.1 Å². The number of benzene rings is 1. The van der Waals surface area contributed by atoms with Crippen LogP contribution in [-0.4, -0.2) is 30.4 Å². The summed E-state index contributed by atoms with van der Waals surface area (Å²) in [5, 5.41) is -3.14. The maximum Gasteiger partial charge on any atom is 0.459 e. The van der Waals surface area contributed by atoms with Crippen molar-refractivity contribution < 1.29 is 43.9 Å². The summed E-state index contributed by atoms with van der Waals surface area (Å²) in [5.74, 6) is -5.48. The molecule has 0 aliphatic heterocycles. The van der Waals surface area contributed by atoms with Gasteiger partial charge in [0.15, 0.2) is 11.1 Å². The van der Waals surface area contributed by atoms with E-state index in [4.69, 9.17) is 11.6 Å². The van der Waals surface area contributed by atoms with E-state index >= 15 is 0 Å². The molecule has 1 aromatic heterocycles. The Bertz CT molecular complexity index is 1030. The first-order chi connectivity index (χ1) is 14.0. The number of nitrogens with zero attached hydrogens (tertiary/aromatic N) is 2. The molecule has 0 amide bonds. The predicted molar refractivity (Wildman–Crippen MR) is 97.7 cm³/mol. The third-order valence-corrected chi connectivity index (χ3v) is 5.52. The van der Waals surface area contributed by atoms with Crippen LogP contribution in [0.1, 0.15) is 29.0 Å². The third-order valence-electron chi connectivity index (χ3n) is 4.31. The molecule has 14 heteroatoms. The lowest BCUT2D eigenvalue weighted by Gasteiger charge is -2.19. The first kappa shape index (κ1) is 25.3. The summed E-state index contributed by atoms with van der Waals surface area (Å²) < 4.78 is 125. The van der Waals surface area contributed by atoms with Gasteiger partial charge in [0.2, 0.25) is 0 Å². The van der Waals surface area contributed by atoms with Crippen molar-refractivity contribution in [1.29, 1.82) is 0 Å². The third kappa shape index (κ3) is 5.09. The fraction of sp³-hybridized carbons (Fsp3) is 0.353. The summed E-state index contributed by atoms with van der Waals surface area (Å²) in [5.41, 5.74) is -1.70. The van der Waals surface area contributed by atoms with Crippen molar-refractivity contribution in [3.05, 3.63) is 46.2 Å². The minimum absolute atomic E-state index is 0.0521. The Morgan fingerprint density at radius 1 is 1.19 bits per heavy atom. The molecule has 172 valence electrons. The van der Waals surface area contributed by atoms with Crippen molar-refractivity contribution in [3.63, 3.8) is 0 Å². The number of alkyl halides is 8. The Balaban J connectivity index is 2.63. The molecule has 2 unspecified atom stereocenters. The minimum atomic E-state index is -5.94. The molecule has 0 radical (unpaired) electrons. The summed E-state index contributed by atoms with van der Waals surface area (Å²) in [4.78, 5) is 3.85. The molecule has 2 aromatic rings. The molecule has 0 saturated heterocycles. The molecule has 31 heavy (non-hydrogen) atoms. The first-order valence-corrected chi connectivity index (χ1v) is 9.68. The van der Waals surface area contributed by atoms with E-state index in [1.54, 1.807) is 0 Å². The highest BCUT2D eigenvalue weighted by atomic mass is 35.5. The first-order valence-electron chi connectivity index (χ1n) is 8.13. The van der Waals surface area contributed by atoms with Crippen LogP contribution in [0.4, 0.5) is 35.1 Å². The topological polar surface area (TPSA) is 55.1 Å². The van der Waals surface area contributed by atoms with Gasteiger partial charge in [0.1, 0.15) is 5.82 Å². The average Bonchev–Trinajstić information content (AvgIpc) is 2.99. The van der Waals surface area contributed by atoms with Gasteiger partial charge in [-0.3, -0.25) is 0 Å². The molecule has 0 fully saturated rings. The molecule has 0 aliphatic carbocycles.